The second kappa shape index (κ2) is 4.39. The van der Waals surface area contributed by atoms with E-state index in [-0.39, 0.29) is 12.1 Å². The number of nitrogens with zero attached hydrogens (tertiary/aromatic N) is 1. The van der Waals surface area contributed by atoms with Crippen LogP contribution in [0.5, 0.6) is 0 Å². The zero-order valence-electron chi connectivity index (χ0n) is 8.89. The van der Waals surface area contributed by atoms with Crippen molar-refractivity contribution >= 4 is 29.0 Å². The molecule has 2 atom stereocenters. The van der Waals surface area contributed by atoms with Gasteiger partial charge in [-0.1, -0.05) is 6.07 Å². The predicted octanol–water partition coefficient (Wildman–Crippen LogP) is 1.68. The fourth-order valence-corrected chi connectivity index (χ4v) is 4.36. The highest BCUT2D eigenvalue weighted by Crippen LogP contribution is 2.33. The average molecular weight is 254 g/mol. The van der Waals surface area contributed by atoms with Crippen LogP contribution >= 0.6 is 23.1 Å². The molecular weight excluding hydrogens is 240 g/mol. The number of rotatable bonds is 2. The molecule has 0 aliphatic carbocycles. The van der Waals surface area contributed by atoms with Crippen LogP contribution in [0.3, 0.4) is 0 Å². The standard InChI is InChI=1S/C11H14N2OS2/c14-10-6-12-11(9-2-1-4-16-9)13(10)8-3-5-15-7-8/h1-2,4,8,11-12H,3,5-7H2. The minimum Gasteiger partial charge on any atom is -0.317 e. The highest BCUT2D eigenvalue weighted by atomic mass is 32.2. The number of thiophene rings is 1. The molecule has 0 radical (unpaired) electrons. The molecule has 5 heteroatoms. The first-order chi connectivity index (χ1) is 7.86. The number of thioether (sulfide) groups is 1. The van der Waals surface area contributed by atoms with Gasteiger partial charge in [-0.05, 0) is 23.6 Å². The molecule has 16 heavy (non-hydrogen) atoms. The van der Waals surface area contributed by atoms with E-state index in [0.717, 1.165) is 12.2 Å². The van der Waals surface area contributed by atoms with E-state index in [0.29, 0.717) is 12.6 Å². The molecule has 1 aromatic rings. The van der Waals surface area contributed by atoms with E-state index in [9.17, 15) is 4.79 Å². The number of hydrogen-bond acceptors (Lipinski definition) is 4. The van der Waals surface area contributed by atoms with Crippen LogP contribution in [0.1, 0.15) is 17.5 Å². The van der Waals surface area contributed by atoms with E-state index in [4.69, 9.17) is 0 Å². The number of hydrogen-bond donors (Lipinski definition) is 1. The Morgan fingerprint density at radius 2 is 2.44 bits per heavy atom. The monoisotopic (exact) mass is 254 g/mol. The number of carbonyl (C=O) groups excluding carboxylic acids is 1. The summed E-state index contributed by atoms with van der Waals surface area (Å²) in [5.41, 5.74) is 0. The predicted molar refractivity (Wildman–Crippen MR) is 67.6 cm³/mol. The first kappa shape index (κ1) is 10.6. The van der Waals surface area contributed by atoms with Gasteiger partial charge in [0.2, 0.25) is 5.91 Å². The third-order valence-electron chi connectivity index (χ3n) is 3.12. The molecule has 1 amide bonds. The Morgan fingerprint density at radius 1 is 1.50 bits per heavy atom. The van der Waals surface area contributed by atoms with Crippen LogP contribution < -0.4 is 5.32 Å². The molecule has 0 saturated carbocycles. The first-order valence-corrected chi connectivity index (χ1v) is 7.55. The molecule has 0 aromatic carbocycles. The summed E-state index contributed by atoms with van der Waals surface area (Å²) in [6.07, 6.45) is 1.26. The van der Waals surface area contributed by atoms with Crippen molar-refractivity contribution < 1.29 is 4.79 Å². The minimum absolute atomic E-state index is 0.121. The molecule has 3 rings (SSSR count). The molecule has 3 heterocycles. The second-order valence-electron chi connectivity index (χ2n) is 4.12. The van der Waals surface area contributed by atoms with Gasteiger partial charge in [0.15, 0.2) is 0 Å². The van der Waals surface area contributed by atoms with Gasteiger partial charge >= 0.3 is 0 Å². The topological polar surface area (TPSA) is 32.3 Å². The maximum Gasteiger partial charge on any atom is 0.238 e. The largest absolute Gasteiger partial charge is 0.317 e. The molecule has 1 aromatic heterocycles. The minimum atomic E-state index is 0.121. The van der Waals surface area contributed by atoms with Gasteiger partial charge in [-0.2, -0.15) is 11.8 Å². The summed E-state index contributed by atoms with van der Waals surface area (Å²) in [6, 6.07) is 4.59. The fraction of sp³-hybridized carbons (Fsp3) is 0.545. The third kappa shape index (κ3) is 1.77. The first-order valence-electron chi connectivity index (χ1n) is 5.52. The summed E-state index contributed by atoms with van der Waals surface area (Å²) >= 11 is 3.67. The van der Waals surface area contributed by atoms with Crippen molar-refractivity contribution in [3.8, 4) is 0 Å². The lowest BCUT2D eigenvalue weighted by Crippen LogP contribution is -2.39. The maximum atomic E-state index is 11.9. The summed E-state index contributed by atoms with van der Waals surface area (Å²) in [7, 11) is 0. The van der Waals surface area contributed by atoms with Crippen LogP contribution in [-0.4, -0.2) is 34.9 Å². The van der Waals surface area contributed by atoms with Crippen LogP contribution in [0, 0.1) is 0 Å². The summed E-state index contributed by atoms with van der Waals surface area (Å²) < 4.78 is 0. The van der Waals surface area contributed by atoms with Crippen molar-refractivity contribution in [1.82, 2.24) is 10.2 Å². The molecule has 2 aliphatic rings. The van der Waals surface area contributed by atoms with Gasteiger partial charge < -0.3 is 4.90 Å². The summed E-state index contributed by atoms with van der Waals surface area (Å²) in [5, 5.41) is 5.38. The van der Waals surface area contributed by atoms with Crippen LogP contribution in [-0.2, 0) is 4.79 Å². The lowest BCUT2D eigenvalue weighted by molar-refractivity contribution is -0.129. The van der Waals surface area contributed by atoms with Crippen LogP contribution in [0.2, 0.25) is 0 Å². The Hall–Kier alpha value is -0.520. The Bertz CT molecular complexity index is 373. The summed E-state index contributed by atoms with van der Waals surface area (Å²) in [6.45, 7) is 0.490. The Kier molecular flexibility index (Phi) is 2.91. The Morgan fingerprint density at radius 3 is 3.12 bits per heavy atom. The van der Waals surface area contributed by atoms with Gasteiger partial charge in [0.1, 0.15) is 6.17 Å². The van der Waals surface area contributed by atoms with Crippen molar-refractivity contribution in [2.24, 2.45) is 0 Å². The lowest BCUT2D eigenvalue weighted by atomic mass is 10.2. The SMILES string of the molecule is O=C1CNC(c2cccs2)N1C1CCSC1. The highest BCUT2D eigenvalue weighted by Gasteiger charge is 2.38. The third-order valence-corrected chi connectivity index (χ3v) is 5.19. The molecule has 2 saturated heterocycles. The molecule has 3 nitrogen and oxygen atoms in total. The molecule has 0 spiro atoms. The average Bonchev–Trinajstić information content (AvgIpc) is 2.96. The van der Waals surface area contributed by atoms with Gasteiger partial charge in [0, 0.05) is 16.7 Å². The molecule has 2 fully saturated rings. The molecule has 86 valence electrons. The maximum absolute atomic E-state index is 11.9. The van der Waals surface area contributed by atoms with Crippen LogP contribution in [0.15, 0.2) is 17.5 Å². The van der Waals surface area contributed by atoms with Gasteiger partial charge in [-0.3, -0.25) is 10.1 Å². The van der Waals surface area contributed by atoms with Crippen molar-refractivity contribution in [3.05, 3.63) is 22.4 Å². The molecule has 2 aliphatic heterocycles. The van der Waals surface area contributed by atoms with Crippen molar-refractivity contribution in [2.45, 2.75) is 18.6 Å². The smallest absolute Gasteiger partial charge is 0.238 e. The van der Waals surface area contributed by atoms with E-state index < -0.39 is 0 Å². The number of nitrogens with one attached hydrogen (secondary N) is 1. The van der Waals surface area contributed by atoms with Crippen molar-refractivity contribution in [2.75, 3.05) is 18.1 Å². The molecule has 0 bridgehead atoms. The summed E-state index contributed by atoms with van der Waals surface area (Å²) in [4.78, 5) is 15.2. The van der Waals surface area contributed by atoms with Crippen LogP contribution in [0.25, 0.3) is 0 Å². The lowest BCUT2D eigenvalue weighted by Gasteiger charge is -2.29. The van der Waals surface area contributed by atoms with Gasteiger partial charge in [0.25, 0.3) is 0 Å². The number of amides is 1. The fourth-order valence-electron chi connectivity index (χ4n) is 2.36. The molecular formula is C11H14N2OS2. The zero-order chi connectivity index (χ0) is 11.0. The van der Waals surface area contributed by atoms with E-state index in [1.54, 1.807) is 11.3 Å². The van der Waals surface area contributed by atoms with Gasteiger partial charge in [0.05, 0.1) is 6.54 Å². The van der Waals surface area contributed by atoms with E-state index in [2.05, 4.69) is 21.7 Å². The number of carbonyl (C=O) groups is 1. The zero-order valence-corrected chi connectivity index (χ0v) is 10.5. The second-order valence-corrected chi connectivity index (χ2v) is 6.25. The summed E-state index contributed by atoms with van der Waals surface area (Å²) in [5.74, 6) is 2.53. The Balaban J connectivity index is 1.84. The normalized spacial score (nSPS) is 30.2. The molecule has 2 unspecified atom stereocenters. The van der Waals surface area contributed by atoms with Gasteiger partial charge in [-0.25, -0.2) is 0 Å². The van der Waals surface area contributed by atoms with E-state index in [1.165, 1.54) is 10.6 Å². The van der Waals surface area contributed by atoms with E-state index in [1.807, 2.05) is 17.8 Å². The van der Waals surface area contributed by atoms with Crippen molar-refractivity contribution in [3.63, 3.8) is 0 Å². The van der Waals surface area contributed by atoms with Crippen molar-refractivity contribution in [1.29, 1.82) is 0 Å². The van der Waals surface area contributed by atoms with E-state index >= 15 is 0 Å². The molecule has 1 N–H and O–H groups in total. The Labute approximate surface area is 103 Å². The van der Waals surface area contributed by atoms with Crippen LogP contribution in [0.4, 0.5) is 0 Å². The highest BCUT2D eigenvalue weighted by molar-refractivity contribution is 7.99. The van der Waals surface area contributed by atoms with Gasteiger partial charge in [-0.15, -0.1) is 11.3 Å². The quantitative estimate of drug-likeness (QED) is 0.871.